The van der Waals surface area contributed by atoms with Gasteiger partial charge in [0.15, 0.2) is 0 Å². The number of nitrogens with one attached hydrogen (secondary N) is 2. The van der Waals surface area contributed by atoms with Crippen molar-refractivity contribution in [2.24, 2.45) is 0 Å². The standard InChI is InChI=1S/C21H23N3O3/c1-27-15-19(25)22-11-12-23-21(26)18-9-5-8-17-10-13-24(20(17)18)14-16-6-3-2-4-7-16/h2-10,13H,11-12,14-15H2,1H3,(H,22,25)(H,23,26). The van der Waals surface area contributed by atoms with Gasteiger partial charge in [0.1, 0.15) is 6.61 Å². The number of ether oxygens (including phenoxy) is 1. The number of rotatable bonds is 8. The second-order valence-electron chi connectivity index (χ2n) is 6.21. The SMILES string of the molecule is COCC(=O)NCCNC(=O)c1cccc2ccn(Cc3ccccc3)c12. The van der Waals surface area contributed by atoms with Crippen molar-refractivity contribution < 1.29 is 14.3 Å². The Labute approximate surface area is 158 Å². The summed E-state index contributed by atoms with van der Waals surface area (Å²) in [7, 11) is 1.46. The smallest absolute Gasteiger partial charge is 0.253 e. The van der Waals surface area contributed by atoms with Crippen LogP contribution in [-0.4, -0.2) is 43.2 Å². The molecule has 2 amide bonds. The summed E-state index contributed by atoms with van der Waals surface area (Å²) in [4.78, 5) is 24.0. The average Bonchev–Trinajstić information content (AvgIpc) is 3.09. The fraction of sp³-hybridized carbons (Fsp3) is 0.238. The normalized spacial score (nSPS) is 10.7. The van der Waals surface area contributed by atoms with Crippen molar-refractivity contribution in [2.75, 3.05) is 26.8 Å². The van der Waals surface area contributed by atoms with E-state index in [2.05, 4.69) is 27.3 Å². The Morgan fingerprint density at radius 3 is 2.52 bits per heavy atom. The maximum atomic E-state index is 12.7. The highest BCUT2D eigenvalue weighted by Gasteiger charge is 2.13. The summed E-state index contributed by atoms with van der Waals surface area (Å²) in [5.74, 6) is -0.361. The third-order valence-corrected chi connectivity index (χ3v) is 4.24. The molecule has 2 N–H and O–H groups in total. The summed E-state index contributed by atoms with van der Waals surface area (Å²) in [6.07, 6.45) is 2.00. The lowest BCUT2D eigenvalue weighted by Gasteiger charge is -2.11. The third-order valence-electron chi connectivity index (χ3n) is 4.24. The summed E-state index contributed by atoms with van der Waals surface area (Å²) < 4.78 is 6.83. The summed E-state index contributed by atoms with van der Waals surface area (Å²) >= 11 is 0. The molecular weight excluding hydrogens is 342 g/mol. The number of benzene rings is 2. The molecule has 0 spiro atoms. The summed E-state index contributed by atoms with van der Waals surface area (Å²) in [5, 5.41) is 6.56. The van der Waals surface area contributed by atoms with Crippen LogP contribution >= 0.6 is 0 Å². The number of fused-ring (bicyclic) bond motifs is 1. The predicted molar refractivity (Wildman–Crippen MR) is 105 cm³/mol. The van der Waals surface area contributed by atoms with E-state index in [1.807, 2.05) is 48.7 Å². The minimum Gasteiger partial charge on any atom is -0.375 e. The molecule has 0 saturated heterocycles. The van der Waals surface area contributed by atoms with Crippen LogP contribution in [0.5, 0.6) is 0 Å². The van der Waals surface area contributed by atoms with E-state index in [-0.39, 0.29) is 18.4 Å². The van der Waals surface area contributed by atoms with Gasteiger partial charge in [0, 0.05) is 38.3 Å². The Morgan fingerprint density at radius 1 is 0.963 bits per heavy atom. The van der Waals surface area contributed by atoms with Gasteiger partial charge in [0.25, 0.3) is 5.91 Å². The number of carbonyl (C=O) groups excluding carboxylic acids is 2. The molecule has 3 aromatic rings. The summed E-state index contributed by atoms with van der Waals surface area (Å²) in [6.45, 7) is 1.42. The van der Waals surface area contributed by atoms with Gasteiger partial charge in [-0.15, -0.1) is 0 Å². The van der Waals surface area contributed by atoms with E-state index in [4.69, 9.17) is 4.74 Å². The van der Waals surface area contributed by atoms with Crippen molar-refractivity contribution in [3.8, 4) is 0 Å². The number of hydrogen-bond acceptors (Lipinski definition) is 3. The maximum Gasteiger partial charge on any atom is 0.253 e. The Kier molecular flexibility index (Phi) is 6.22. The van der Waals surface area contributed by atoms with Gasteiger partial charge in [-0.2, -0.15) is 0 Å². The van der Waals surface area contributed by atoms with Crippen LogP contribution in [0.15, 0.2) is 60.8 Å². The van der Waals surface area contributed by atoms with Crippen LogP contribution in [-0.2, 0) is 16.1 Å². The van der Waals surface area contributed by atoms with Gasteiger partial charge in [-0.25, -0.2) is 0 Å². The highest BCUT2D eigenvalue weighted by Crippen LogP contribution is 2.21. The lowest BCUT2D eigenvalue weighted by atomic mass is 10.1. The van der Waals surface area contributed by atoms with Crippen molar-refractivity contribution in [3.05, 3.63) is 71.9 Å². The van der Waals surface area contributed by atoms with Crippen molar-refractivity contribution in [1.29, 1.82) is 0 Å². The zero-order chi connectivity index (χ0) is 19.1. The van der Waals surface area contributed by atoms with Crippen LogP contribution in [0.4, 0.5) is 0 Å². The Bertz CT molecular complexity index is 919. The molecule has 1 heterocycles. The van der Waals surface area contributed by atoms with E-state index in [9.17, 15) is 9.59 Å². The molecular formula is C21H23N3O3. The second-order valence-corrected chi connectivity index (χ2v) is 6.21. The van der Waals surface area contributed by atoms with Crippen molar-refractivity contribution in [2.45, 2.75) is 6.54 Å². The van der Waals surface area contributed by atoms with Crippen LogP contribution in [0.2, 0.25) is 0 Å². The Hall–Kier alpha value is -3.12. The third kappa shape index (κ3) is 4.74. The van der Waals surface area contributed by atoms with E-state index >= 15 is 0 Å². The zero-order valence-corrected chi connectivity index (χ0v) is 15.3. The molecule has 27 heavy (non-hydrogen) atoms. The molecule has 0 aliphatic heterocycles. The van der Waals surface area contributed by atoms with Gasteiger partial charge in [-0.3, -0.25) is 9.59 Å². The number of nitrogens with zero attached hydrogens (tertiary/aromatic N) is 1. The van der Waals surface area contributed by atoms with Gasteiger partial charge < -0.3 is 19.9 Å². The van der Waals surface area contributed by atoms with Gasteiger partial charge in [-0.1, -0.05) is 42.5 Å². The Morgan fingerprint density at radius 2 is 1.74 bits per heavy atom. The first kappa shape index (κ1) is 18.7. The highest BCUT2D eigenvalue weighted by atomic mass is 16.5. The number of carbonyl (C=O) groups is 2. The van der Waals surface area contributed by atoms with E-state index in [0.717, 1.165) is 10.9 Å². The number of hydrogen-bond donors (Lipinski definition) is 2. The predicted octanol–water partition coefficient (Wildman–Crippen LogP) is 2.18. The van der Waals surface area contributed by atoms with Crippen LogP contribution in [0.1, 0.15) is 15.9 Å². The number of amides is 2. The summed E-state index contributed by atoms with van der Waals surface area (Å²) in [6, 6.07) is 17.8. The monoisotopic (exact) mass is 365 g/mol. The first-order chi connectivity index (χ1) is 13.2. The molecule has 0 saturated carbocycles. The molecule has 2 aromatic carbocycles. The van der Waals surface area contributed by atoms with Gasteiger partial charge in [0.2, 0.25) is 5.91 Å². The van der Waals surface area contributed by atoms with Crippen molar-refractivity contribution in [3.63, 3.8) is 0 Å². The molecule has 0 radical (unpaired) electrons. The maximum absolute atomic E-state index is 12.7. The van der Waals surface area contributed by atoms with E-state index in [1.165, 1.54) is 12.7 Å². The van der Waals surface area contributed by atoms with E-state index in [0.29, 0.717) is 25.2 Å². The minimum absolute atomic E-state index is 0.0141. The van der Waals surface area contributed by atoms with Crippen LogP contribution in [0, 0.1) is 0 Å². The van der Waals surface area contributed by atoms with E-state index < -0.39 is 0 Å². The molecule has 0 unspecified atom stereocenters. The lowest BCUT2D eigenvalue weighted by Crippen LogP contribution is -2.36. The Balaban J connectivity index is 1.71. The fourth-order valence-corrected chi connectivity index (χ4v) is 3.01. The molecule has 0 aliphatic carbocycles. The summed E-state index contributed by atoms with van der Waals surface area (Å²) in [5.41, 5.74) is 2.70. The average molecular weight is 365 g/mol. The van der Waals surface area contributed by atoms with Crippen LogP contribution < -0.4 is 10.6 Å². The number of aromatic nitrogens is 1. The van der Waals surface area contributed by atoms with Crippen LogP contribution in [0.25, 0.3) is 10.9 Å². The fourth-order valence-electron chi connectivity index (χ4n) is 3.01. The highest BCUT2D eigenvalue weighted by molar-refractivity contribution is 6.06. The largest absolute Gasteiger partial charge is 0.375 e. The first-order valence-electron chi connectivity index (χ1n) is 8.84. The molecule has 6 heteroatoms. The van der Waals surface area contributed by atoms with Gasteiger partial charge in [-0.05, 0) is 17.7 Å². The van der Waals surface area contributed by atoms with E-state index in [1.54, 1.807) is 0 Å². The first-order valence-corrected chi connectivity index (χ1v) is 8.84. The second kappa shape index (κ2) is 9.00. The molecule has 6 nitrogen and oxygen atoms in total. The molecule has 1 aromatic heterocycles. The molecule has 0 bridgehead atoms. The van der Waals surface area contributed by atoms with Gasteiger partial charge >= 0.3 is 0 Å². The van der Waals surface area contributed by atoms with Crippen LogP contribution in [0.3, 0.4) is 0 Å². The quantitative estimate of drug-likeness (QED) is 0.601. The van der Waals surface area contributed by atoms with Gasteiger partial charge in [0.05, 0.1) is 11.1 Å². The molecule has 140 valence electrons. The lowest BCUT2D eigenvalue weighted by molar-refractivity contribution is -0.124. The molecule has 0 fully saturated rings. The zero-order valence-electron chi connectivity index (χ0n) is 15.3. The van der Waals surface area contributed by atoms with Crippen molar-refractivity contribution >= 4 is 22.7 Å². The molecule has 0 atom stereocenters. The number of methoxy groups -OCH3 is 1. The topological polar surface area (TPSA) is 72.4 Å². The number of para-hydroxylation sites is 1. The van der Waals surface area contributed by atoms with Crippen molar-refractivity contribution in [1.82, 2.24) is 15.2 Å². The molecule has 3 rings (SSSR count). The minimum atomic E-state index is -0.203. The molecule has 0 aliphatic rings.